The Morgan fingerprint density at radius 1 is 1.24 bits per heavy atom. The number of hydrogen-bond acceptors (Lipinski definition) is 3. The van der Waals surface area contributed by atoms with E-state index in [0.29, 0.717) is 5.75 Å². The van der Waals surface area contributed by atoms with Crippen LogP contribution < -0.4 is 10.1 Å². The zero-order valence-corrected chi connectivity index (χ0v) is 11.8. The molecule has 0 aliphatic carbocycles. The molecule has 2 rings (SSSR count). The molecule has 1 atom stereocenters. The Bertz CT molecular complexity index is 619. The molecule has 0 heterocycles. The van der Waals surface area contributed by atoms with Gasteiger partial charge in [-0.25, -0.2) is 4.39 Å². The number of hydrogen-bond donors (Lipinski definition) is 1. The third kappa shape index (κ3) is 4.81. The molecule has 0 radical (unpaired) electrons. The number of nitriles is 1. The Kier molecular flexibility index (Phi) is 5.16. The number of benzene rings is 2. The van der Waals surface area contributed by atoms with Gasteiger partial charge in [0.2, 0.25) is 0 Å². The minimum absolute atomic E-state index is 0.0444. The quantitative estimate of drug-likeness (QED) is 0.878. The van der Waals surface area contributed by atoms with E-state index in [0.717, 1.165) is 17.7 Å². The molecule has 0 aromatic heterocycles. The van der Waals surface area contributed by atoms with Gasteiger partial charge in [-0.3, -0.25) is 0 Å². The third-order valence-corrected chi connectivity index (χ3v) is 3.00. The van der Waals surface area contributed by atoms with Crippen LogP contribution in [0.2, 0.25) is 0 Å². The van der Waals surface area contributed by atoms with E-state index in [4.69, 9.17) is 10.00 Å². The van der Waals surface area contributed by atoms with Crippen molar-refractivity contribution in [3.63, 3.8) is 0 Å². The van der Waals surface area contributed by atoms with E-state index in [1.54, 1.807) is 12.1 Å². The van der Waals surface area contributed by atoms with Gasteiger partial charge in [-0.2, -0.15) is 5.26 Å². The monoisotopic (exact) mass is 284 g/mol. The summed E-state index contributed by atoms with van der Waals surface area (Å²) in [5.74, 6) is 0.457. The maximum atomic E-state index is 13.1. The van der Waals surface area contributed by atoms with Gasteiger partial charge in [0.25, 0.3) is 0 Å². The average Bonchev–Trinajstić information content (AvgIpc) is 2.46. The van der Waals surface area contributed by atoms with Crippen LogP contribution in [-0.4, -0.2) is 12.6 Å². The number of nitrogens with one attached hydrogen (secondary N) is 1. The molecular weight excluding hydrogens is 267 g/mol. The molecule has 1 N–H and O–H groups in total. The van der Waals surface area contributed by atoms with Gasteiger partial charge >= 0.3 is 0 Å². The predicted octanol–water partition coefficient (Wildman–Crippen LogP) is 3.77. The first kappa shape index (κ1) is 14.9. The minimum Gasteiger partial charge on any atom is -0.479 e. The first-order chi connectivity index (χ1) is 10.2. The first-order valence-corrected chi connectivity index (χ1v) is 6.78. The van der Waals surface area contributed by atoms with Crippen LogP contribution >= 0.6 is 0 Å². The Hall–Kier alpha value is -2.54. The maximum Gasteiger partial charge on any atom is 0.174 e. The molecule has 0 saturated carbocycles. The molecule has 21 heavy (non-hydrogen) atoms. The number of anilines is 1. The van der Waals surface area contributed by atoms with E-state index in [1.165, 1.54) is 6.07 Å². The second-order valence-corrected chi connectivity index (χ2v) is 4.85. The summed E-state index contributed by atoms with van der Waals surface area (Å²) >= 11 is 0. The van der Waals surface area contributed by atoms with Crippen LogP contribution in [0.3, 0.4) is 0 Å². The van der Waals surface area contributed by atoms with Crippen LogP contribution in [-0.2, 0) is 6.42 Å². The van der Waals surface area contributed by atoms with Crippen molar-refractivity contribution in [2.45, 2.75) is 19.4 Å². The Morgan fingerprint density at radius 3 is 2.67 bits per heavy atom. The van der Waals surface area contributed by atoms with Gasteiger partial charge in [-0.15, -0.1) is 0 Å². The lowest BCUT2D eigenvalue weighted by molar-refractivity contribution is 0.368. The van der Waals surface area contributed by atoms with Crippen LogP contribution in [0.25, 0.3) is 0 Å². The van der Waals surface area contributed by atoms with Gasteiger partial charge in [-0.05, 0) is 55.3 Å². The standard InChI is InChI=1S/C17H17FN2O/c1-13(11-14-3-2-4-15(18)12-14)20-16-5-7-17(8-6-16)21-10-9-19/h2-8,12-13,20H,10-11H2,1H3. The molecule has 108 valence electrons. The van der Waals surface area contributed by atoms with E-state index in [1.807, 2.05) is 43.3 Å². The third-order valence-electron chi connectivity index (χ3n) is 3.00. The molecule has 1 unspecified atom stereocenters. The highest BCUT2D eigenvalue weighted by atomic mass is 19.1. The molecule has 0 fully saturated rings. The molecule has 2 aromatic rings. The summed E-state index contributed by atoms with van der Waals surface area (Å²) < 4.78 is 18.3. The fourth-order valence-electron chi connectivity index (χ4n) is 2.12. The SMILES string of the molecule is CC(Cc1cccc(F)c1)Nc1ccc(OCC#N)cc1. The topological polar surface area (TPSA) is 45.0 Å². The van der Waals surface area contributed by atoms with Crippen molar-refractivity contribution in [2.24, 2.45) is 0 Å². The summed E-state index contributed by atoms with van der Waals surface area (Å²) in [6, 6.07) is 16.2. The second-order valence-electron chi connectivity index (χ2n) is 4.85. The lowest BCUT2D eigenvalue weighted by Crippen LogP contribution is -2.18. The molecule has 3 nitrogen and oxygen atoms in total. The smallest absolute Gasteiger partial charge is 0.174 e. The minimum atomic E-state index is -0.210. The van der Waals surface area contributed by atoms with E-state index in [2.05, 4.69) is 5.32 Å². The first-order valence-electron chi connectivity index (χ1n) is 6.78. The summed E-state index contributed by atoms with van der Waals surface area (Å²) in [6.07, 6.45) is 0.741. The van der Waals surface area contributed by atoms with Crippen molar-refractivity contribution in [2.75, 3.05) is 11.9 Å². The largest absolute Gasteiger partial charge is 0.479 e. The molecule has 0 saturated heterocycles. The molecule has 2 aromatic carbocycles. The van der Waals surface area contributed by atoms with Crippen molar-refractivity contribution < 1.29 is 9.13 Å². The number of ether oxygens (including phenoxy) is 1. The highest BCUT2D eigenvalue weighted by Gasteiger charge is 2.05. The molecule has 0 spiro atoms. The van der Waals surface area contributed by atoms with E-state index < -0.39 is 0 Å². The number of halogens is 1. The molecule has 0 bridgehead atoms. The fraction of sp³-hybridized carbons (Fsp3) is 0.235. The van der Waals surface area contributed by atoms with Crippen LogP contribution in [0, 0.1) is 17.1 Å². The predicted molar refractivity (Wildman–Crippen MR) is 80.7 cm³/mol. The maximum absolute atomic E-state index is 13.1. The van der Waals surface area contributed by atoms with Crippen molar-refractivity contribution in [1.82, 2.24) is 0 Å². The van der Waals surface area contributed by atoms with E-state index in [9.17, 15) is 4.39 Å². The summed E-state index contributed by atoms with van der Waals surface area (Å²) in [5, 5.41) is 11.8. The molecule has 4 heteroatoms. The molecule has 0 aliphatic rings. The van der Waals surface area contributed by atoms with Crippen LogP contribution in [0.4, 0.5) is 10.1 Å². The van der Waals surface area contributed by atoms with Gasteiger partial charge in [0, 0.05) is 11.7 Å². The Balaban J connectivity index is 1.90. The lowest BCUT2D eigenvalue weighted by Gasteiger charge is -2.15. The Morgan fingerprint density at radius 2 is 2.00 bits per heavy atom. The number of rotatable bonds is 6. The van der Waals surface area contributed by atoms with Crippen molar-refractivity contribution in [3.05, 3.63) is 59.9 Å². The highest BCUT2D eigenvalue weighted by Crippen LogP contribution is 2.17. The highest BCUT2D eigenvalue weighted by molar-refractivity contribution is 5.47. The molecular formula is C17H17FN2O. The van der Waals surface area contributed by atoms with E-state index in [-0.39, 0.29) is 18.5 Å². The summed E-state index contributed by atoms with van der Waals surface area (Å²) in [6.45, 7) is 2.09. The van der Waals surface area contributed by atoms with Crippen molar-refractivity contribution in [3.8, 4) is 11.8 Å². The summed E-state index contributed by atoms with van der Waals surface area (Å²) in [7, 11) is 0. The van der Waals surface area contributed by atoms with Gasteiger partial charge in [0.1, 0.15) is 17.6 Å². The zero-order chi connectivity index (χ0) is 15.1. The number of nitrogens with zero attached hydrogens (tertiary/aromatic N) is 1. The zero-order valence-electron chi connectivity index (χ0n) is 11.8. The lowest BCUT2D eigenvalue weighted by atomic mass is 10.1. The molecule has 0 aliphatic heterocycles. The van der Waals surface area contributed by atoms with Gasteiger partial charge < -0.3 is 10.1 Å². The van der Waals surface area contributed by atoms with Gasteiger partial charge in [0.05, 0.1) is 0 Å². The molecule has 0 amide bonds. The van der Waals surface area contributed by atoms with Gasteiger partial charge in [0.15, 0.2) is 6.61 Å². The van der Waals surface area contributed by atoms with Crippen LogP contribution in [0.5, 0.6) is 5.75 Å². The summed E-state index contributed by atoms with van der Waals surface area (Å²) in [5.41, 5.74) is 1.92. The second kappa shape index (κ2) is 7.30. The average molecular weight is 284 g/mol. The van der Waals surface area contributed by atoms with Crippen LogP contribution in [0.1, 0.15) is 12.5 Å². The van der Waals surface area contributed by atoms with Gasteiger partial charge in [-0.1, -0.05) is 12.1 Å². The Labute approximate surface area is 124 Å². The fourth-order valence-corrected chi connectivity index (χ4v) is 2.12. The van der Waals surface area contributed by atoms with E-state index >= 15 is 0 Å². The van der Waals surface area contributed by atoms with Crippen molar-refractivity contribution in [1.29, 1.82) is 5.26 Å². The van der Waals surface area contributed by atoms with Crippen molar-refractivity contribution >= 4 is 5.69 Å². The summed E-state index contributed by atoms with van der Waals surface area (Å²) in [4.78, 5) is 0. The normalized spacial score (nSPS) is 11.5. The van der Waals surface area contributed by atoms with Crippen LogP contribution in [0.15, 0.2) is 48.5 Å².